The SMILES string of the molecule is Cc1ccc(CN2CCN(C(=O)OC(C(F)(F)F)C(F)(F)F)CC2)c(N2CC3CCC(C2)O3)c1. The van der Waals surface area contributed by atoms with Crippen LogP contribution in [0.15, 0.2) is 18.2 Å². The molecule has 0 aromatic heterocycles. The number of carbonyl (C=O) groups excluding carboxylic acids is 1. The van der Waals surface area contributed by atoms with Gasteiger partial charge in [0.15, 0.2) is 0 Å². The van der Waals surface area contributed by atoms with Gasteiger partial charge in [-0.1, -0.05) is 12.1 Å². The van der Waals surface area contributed by atoms with Crippen LogP contribution >= 0.6 is 0 Å². The average Bonchev–Trinajstić information content (AvgIpc) is 3.09. The number of nitrogens with zero attached hydrogens (tertiary/aromatic N) is 3. The van der Waals surface area contributed by atoms with Crippen molar-refractivity contribution < 1.29 is 40.6 Å². The molecule has 0 spiro atoms. The van der Waals surface area contributed by atoms with Crippen LogP contribution in [0, 0.1) is 6.92 Å². The zero-order chi connectivity index (χ0) is 24.7. The molecule has 4 rings (SSSR count). The highest BCUT2D eigenvalue weighted by Gasteiger charge is 2.60. The summed E-state index contributed by atoms with van der Waals surface area (Å²) < 4.78 is 85.8. The quantitative estimate of drug-likeness (QED) is 0.589. The Morgan fingerprint density at radius 3 is 2.18 bits per heavy atom. The Hall–Kier alpha value is -2.21. The van der Waals surface area contributed by atoms with E-state index in [4.69, 9.17) is 4.74 Å². The smallest absolute Gasteiger partial charge is 0.426 e. The van der Waals surface area contributed by atoms with Crippen LogP contribution in [0.2, 0.25) is 0 Å². The number of morpholine rings is 1. The van der Waals surface area contributed by atoms with E-state index in [1.54, 1.807) is 0 Å². The van der Waals surface area contributed by atoms with Crippen molar-refractivity contribution in [3.63, 3.8) is 0 Å². The molecule has 1 amide bonds. The van der Waals surface area contributed by atoms with E-state index < -0.39 is 24.5 Å². The molecular formula is C22H27F6N3O3. The predicted molar refractivity (Wildman–Crippen MR) is 111 cm³/mol. The summed E-state index contributed by atoms with van der Waals surface area (Å²) in [7, 11) is 0. The maximum Gasteiger partial charge on any atom is 0.434 e. The number of benzene rings is 1. The topological polar surface area (TPSA) is 45.2 Å². The summed E-state index contributed by atoms with van der Waals surface area (Å²) in [6.45, 7) is 4.76. The van der Waals surface area contributed by atoms with Crippen LogP contribution in [0.3, 0.4) is 0 Å². The summed E-state index contributed by atoms with van der Waals surface area (Å²) in [4.78, 5) is 17.2. The lowest BCUT2D eigenvalue weighted by Crippen LogP contribution is -2.52. The second kappa shape index (κ2) is 9.44. The second-order valence-electron chi connectivity index (χ2n) is 9.10. The van der Waals surface area contributed by atoms with E-state index in [0.717, 1.165) is 47.6 Å². The number of ether oxygens (including phenoxy) is 2. The molecule has 2 atom stereocenters. The summed E-state index contributed by atoms with van der Waals surface area (Å²) in [5.74, 6) is 0. The molecule has 2 bridgehead atoms. The summed E-state index contributed by atoms with van der Waals surface area (Å²) in [5, 5.41) is 0. The lowest BCUT2D eigenvalue weighted by atomic mass is 10.1. The molecule has 0 radical (unpaired) electrons. The van der Waals surface area contributed by atoms with Gasteiger partial charge in [-0.3, -0.25) is 4.90 Å². The number of rotatable bonds is 4. The highest BCUT2D eigenvalue weighted by atomic mass is 19.4. The van der Waals surface area contributed by atoms with E-state index in [-0.39, 0.29) is 25.3 Å². The maximum absolute atomic E-state index is 12.7. The van der Waals surface area contributed by atoms with Gasteiger partial charge in [0.1, 0.15) is 0 Å². The fraction of sp³-hybridized carbons (Fsp3) is 0.682. The molecule has 3 fully saturated rings. The zero-order valence-corrected chi connectivity index (χ0v) is 18.7. The van der Waals surface area contributed by atoms with Gasteiger partial charge in [0, 0.05) is 51.5 Å². The van der Waals surface area contributed by atoms with Crippen LogP contribution in [0.1, 0.15) is 24.0 Å². The van der Waals surface area contributed by atoms with Crippen molar-refractivity contribution in [2.75, 3.05) is 44.2 Å². The molecule has 3 aliphatic heterocycles. The third-order valence-corrected chi connectivity index (χ3v) is 6.46. The fourth-order valence-corrected chi connectivity index (χ4v) is 4.74. The minimum Gasteiger partial charge on any atom is -0.426 e. The third kappa shape index (κ3) is 5.70. The highest BCUT2D eigenvalue weighted by Crippen LogP contribution is 2.36. The number of hydrogen-bond donors (Lipinski definition) is 0. The van der Waals surface area contributed by atoms with Gasteiger partial charge in [0.05, 0.1) is 12.2 Å². The molecule has 1 aromatic rings. The Balaban J connectivity index is 1.36. The van der Waals surface area contributed by atoms with E-state index in [2.05, 4.69) is 15.7 Å². The second-order valence-corrected chi connectivity index (χ2v) is 9.10. The number of amides is 1. The molecule has 190 valence electrons. The number of piperazine rings is 1. The lowest BCUT2D eigenvalue weighted by molar-refractivity contribution is -0.308. The molecule has 0 aliphatic carbocycles. The van der Waals surface area contributed by atoms with E-state index in [9.17, 15) is 31.1 Å². The summed E-state index contributed by atoms with van der Waals surface area (Å²) in [5.41, 5.74) is 3.31. The molecule has 3 saturated heterocycles. The standard InChI is InChI=1S/C22H27F6N3O3/c1-14-2-3-15(18(10-14)31-12-16-4-5-17(13-31)33-16)11-29-6-8-30(9-7-29)20(32)34-19(21(23,24)25)22(26,27)28/h2-3,10,16-17,19H,4-9,11-13H2,1H3. The number of alkyl halides is 6. The summed E-state index contributed by atoms with van der Waals surface area (Å²) in [6.07, 6.45) is -14.7. The minimum atomic E-state index is -5.73. The Bertz CT molecular complexity index is 860. The first-order valence-corrected chi connectivity index (χ1v) is 11.2. The summed E-state index contributed by atoms with van der Waals surface area (Å²) in [6, 6.07) is 6.18. The van der Waals surface area contributed by atoms with Crippen molar-refractivity contribution in [2.45, 2.75) is 57.0 Å². The Morgan fingerprint density at radius 1 is 1.03 bits per heavy atom. The first-order valence-electron chi connectivity index (χ1n) is 11.2. The van der Waals surface area contributed by atoms with Crippen LogP contribution in [-0.4, -0.2) is 85.8 Å². The first kappa shape index (κ1) is 24.9. The van der Waals surface area contributed by atoms with Crippen molar-refractivity contribution in [3.05, 3.63) is 29.3 Å². The van der Waals surface area contributed by atoms with Crippen molar-refractivity contribution in [3.8, 4) is 0 Å². The van der Waals surface area contributed by atoms with Gasteiger partial charge in [-0.15, -0.1) is 0 Å². The van der Waals surface area contributed by atoms with E-state index in [0.29, 0.717) is 19.6 Å². The van der Waals surface area contributed by atoms with Gasteiger partial charge >= 0.3 is 18.4 Å². The molecule has 3 aliphatic rings. The van der Waals surface area contributed by atoms with Crippen molar-refractivity contribution in [1.82, 2.24) is 9.80 Å². The molecule has 0 saturated carbocycles. The van der Waals surface area contributed by atoms with Gasteiger partial charge in [-0.05, 0) is 37.0 Å². The molecule has 1 aromatic carbocycles. The van der Waals surface area contributed by atoms with Gasteiger partial charge in [-0.2, -0.15) is 26.3 Å². The number of hydrogen-bond acceptors (Lipinski definition) is 5. The number of fused-ring (bicyclic) bond motifs is 2. The molecule has 2 unspecified atom stereocenters. The third-order valence-electron chi connectivity index (χ3n) is 6.46. The molecular weight excluding hydrogens is 468 g/mol. The van der Waals surface area contributed by atoms with Crippen LogP contribution in [-0.2, 0) is 16.0 Å². The number of halogens is 6. The first-order chi connectivity index (χ1) is 15.9. The van der Waals surface area contributed by atoms with Crippen LogP contribution < -0.4 is 4.90 Å². The lowest BCUT2D eigenvalue weighted by Gasteiger charge is -2.38. The molecule has 12 heteroatoms. The van der Waals surface area contributed by atoms with E-state index in [1.807, 2.05) is 24.0 Å². The highest BCUT2D eigenvalue weighted by molar-refractivity contribution is 5.68. The van der Waals surface area contributed by atoms with Crippen molar-refractivity contribution in [2.24, 2.45) is 0 Å². The minimum absolute atomic E-state index is 0.0236. The van der Waals surface area contributed by atoms with Crippen molar-refractivity contribution >= 4 is 11.8 Å². The number of aryl methyl sites for hydroxylation is 1. The Kier molecular flexibility index (Phi) is 6.92. The molecule has 3 heterocycles. The molecule has 0 N–H and O–H groups in total. The fourth-order valence-electron chi connectivity index (χ4n) is 4.74. The zero-order valence-electron chi connectivity index (χ0n) is 18.7. The molecule has 6 nitrogen and oxygen atoms in total. The Morgan fingerprint density at radius 2 is 1.62 bits per heavy atom. The average molecular weight is 495 g/mol. The van der Waals surface area contributed by atoms with Crippen LogP contribution in [0.4, 0.5) is 36.8 Å². The number of anilines is 1. The van der Waals surface area contributed by atoms with E-state index >= 15 is 0 Å². The largest absolute Gasteiger partial charge is 0.434 e. The van der Waals surface area contributed by atoms with Crippen LogP contribution in [0.25, 0.3) is 0 Å². The van der Waals surface area contributed by atoms with E-state index in [1.165, 1.54) is 0 Å². The monoisotopic (exact) mass is 495 g/mol. The summed E-state index contributed by atoms with van der Waals surface area (Å²) >= 11 is 0. The van der Waals surface area contributed by atoms with Gasteiger partial charge < -0.3 is 19.3 Å². The number of carbonyl (C=O) groups is 1. The predicted octanol–water partition coefficient (Wildman–Crippen LogP) is 4.11. The Labute approximate surface area is 193 Å². The van der Waals surface area contributed by atoms with Gasteiger partial charge in [-0.25, -0.2) is 4.79 Å². The van der Waals surface area contributed by atoms with Crippen molar-refractivity contribution in [1.29, 1.82) is 0 Å². The maximum atomic E-state index is 12.7. The van der Waals surface area contributed by atoms with Crippen LogP contribution in [0.5, 0.6) is 0 Å². The molecule has 34 heavy (non-hydrogen) atoms. The normalized spacial score (nSPS) is 24.1. The van der Waals surface area contributed by atoms with Gasteiger partial charge in [0.25, 0.3) is 6.10 Å². The van der Waals surface area contributed by atoms with Gasteiger partial charge in [0.2, 0.25) is 0 Å².